The Morgan fingerprint density at radius 2 is 1.96 bits per heavy atom. The fourth-order valence-corrected chi connectivity index (χ4v) is 2.50. The van der Waals surface area contributed by atoms with Crippen molar-refractivity contribution in [1.29, 1.82) is 0 Å². The molecule has 1 aliphatic rings. The van der Waals surface area contributed by atoms with E-state index in [9.17, 15) is 9.59 Å². The second kappa shape index (κ2) is 8.00. The molecule has 1 aromatic rings. The molecule has 0 fully saturated rings. The van der Waals surface area contributed by atoms with Crippen molar-refractivity contribution in [3.63, 3.8) is 0 Å². The first-order chi connectivity index (χ1) is 11.8. The third-order valence-corrected chi connectivity index (χ3v) is 3.87. The molecule has 2 rings (SSSR count). The molecule has 1 heterocycles. The van der Waals surface area contributed by atoms with Gasteiger partial charge in [-0.1, -0.05) is 6.07 Å². The van der Waals surface area contributed by atoms with Gasteiger partial charge in [0.15, 0.2) is 11.5 Å². The minimum absolute atomic E-state index is 0.0425. The van der Waals surface area contributed by atoms with Gasteiger partial charge in [-0.25, -0.2) is 5.01 Å². The molecule has 0 saturated heterocycles. The number of nitrogens with one attached hydrogen (secondary N) is 1. The summed E-state index contributed by atoms with van der Waals surface area (Å²) in [6, 6.07) is 5.34. The van der Waals surface area contributed by atoms with E-state index in [0.29, 0.717) is 30.1 Å². The lowest BCUT2D eigenvalue weighted by atomic mass is 10.1. The van der Waals surface area contributed by atoms with Crippen LogP contribution in [0.2, 0.25) is 0 Å². The van der Waals surface area contributed by atoms with Crippen molar-refractivity contribution in [3.8, 4) is 11.5 Å². The molecule has 1 N–H and O–H groups in total. The van der Waals surface area contributed by atoms with Gasteiger partial charge in [-0.15, -0.1) is 0 Å². The minimum Gasteiger partial charge on any atom is -0.493 e. The van der Waals surface area contributed by atoms with Crippen LogP contribution in [0.25, 0.3) is 0 Å². The molecule has 0 bridgehead atoms. The van der Waals surface area contributed by atoms with Gasteiger partial charge >= 0.3 is 0 Å². The number of hydrazone groups is 1. The zero-order chi connectivity index (χ0) is 18.6. The van der Waals surface area contributed by atoms with Crippen LogP contribution in [0.4, 0.5) is 0 Å². The Balaban J connectivity index is 2.10. The second-order valence-corrected chi connectivity index (χ2v) is 6.24. The number of benzene rings is 1. The first-order valence-corrected chi connectivity index (χ1v) is 8.31. The molecule has 25 heavy (non-hydrogen) atoms. The quantitative estimate of drug-likeness (QED) is 0.856. The lowest BCUT2D eigenvalue weighted by Gasteiger charge is -2.21. The van der Waals surface area contributed by atoms with Gasteiger partial charge in [0.1, 0.15) is 5.71 Å². The Bertz CT molecular complexity index is 685. The Hall–Kier alpha value is -2.57. The average molecular weight is 347 g/mol. The normalized spacial score (nSPS) is 15.7. The van der Waals surface area contributed by atoms with E-state index in [1.54, 1.807) is 14.2 Å². The van der Waals surface area contributed by atoms with Crippen LogP contribution in [0.3, 0.4) is 0 Å². The highest BCUT2D eigenvalue weighted by Gasteiger charge is 2.23. The molecule has 1 aliphatic heterocycles. The van der Waals surface area contributed by atoms with E-state index in [1.165, 1.54) is 5.01 Å². The second-order valence-electron chi connectivity index (χ2n) is 6.24. The molecule has 1 atom stereocenters. The van der Waals surface area contributed by atoms with Gasteiger partial charge < -0.3 is 14.8 Å². The summed E-state index contributed by atoms with van der Waals surface area (Å²) in [6.45, 7) is 5.78. The molecule has 0 spiro atoms. The van der Waals surface area contributed by atoms with Crippen LogP contribution in [-0.4, -0.2) is 42.8 Å². The molecule has 7 nitrogen and oxygen atoms in total. The van der Waals surface area contributed by atoms with Crippen molar-refractivity contribution in [2.75, 3.05) is 14.2 Å². The van der Waals surface area contributed by atoms with Crippen LogP contribution < -0.4 is 14.8 Å². The predicted molar refractivity (Wildman–Crippen MR) is 94.8 cm³/mol. The third kappa shape index (κ3) is 4.71. The van der Waals surface area contributed by atoms with Crippen LogP contribution >= 0.6 is 0 Å². The van der Waals surface area contributed by atoms with Crippen molar-refractivity contribution >= 4 is 17.5 Å². The minimum atomic E-state index is -0.270. The number of carbonyl (C=O) groups excluding carboxylic acids is 2. The van der Waals surface area contributed by atoms with Crippen LogP contribution in [0.15, 0.2) is 23.3 Å². The standard InChI is InChI=1S/C18H25N3O4/c1-11(2)25-15-8-6-13(10-16(15)24-5)12(3)19-18(23)14-7-9-17(22)21(4)20-14/h6,8,10-12H,7,9H2,1-5H3,(H,19,23)/t12-/m1/s1. The molecule has 0 aliphatic carbocycles. The van der Waals surface area contributed by atoms with Gasteiger partial charge in [-0.05, 0) is 38.5 Å². The van der Waals surface area contributed by atoms with Crippen LogP contribution in [0.1, 0.15) is 45.2 Å². The summed E-state index contributed by atoms with van der Waals surface area (Å²) in [7, 11) is 3.13. The number of methoxy groups -OCH3 is 1. The summed E-state index contributed by atoms with van der Waals surface area (Å²) < 4.78 is 11.1. The molecule has 0 unspecified atom stereocenters. The monoisotopic (exact) mass is 347 g/mol. The SMILES string of the molecule is COc1cc([C@@H](C)NC(=O)C2=NN(C)C(=O)CC2)ccc1OC(C)C. The first-order valence-electron chi connectivity index (χ1n) is 8.31. The van der Waals surface area contributed by atoms with Crippen molar-refractivity contribution in [3.05, 3.63) is 23.8 Å². The van der Waals surface area contributed by atoms with E-state index in [1.807, 2.05) is 39.0 Å². The third-order valence-electron chi connectivity index (χ3n) is 3.87. The molecule has 1 aromatic carbocycles. The van der Waals surface area contributed by atoms with Gasteiger partial charge in [0.25, 0.3) is 5.91 Å². The van der Waals surface area contributed by atoms with E-state index in [2.05, 4.69) is 10.4 Å². The van der Waals surface area contributed by atoms with E-state index in [-0.39, 0.29) is 24.0 Å². The van der Waals surface area contributed by atoms with Crippen molar-refractivity contribution in [1.82, 2.24) is 10.3 Å². The Morgan fingerprint density at radius 3 is 2.56 bits per heavy atom. The Morgan fingerprint density at radius 1 is 1.24 bits per heavy atom. The Labute approximate surface area is 148 Å². The zero-order valence-electron chi connectivity index (χ0n) is 15.3. The number of carbonyl (C=O) groups is 2. The number of hydrogen-bond acceptors (Lipinski definition) is 5. The molecular formula is C18H25N3O4. The number of hydrogen-bond donors (Lipinski definition) is 1. The maximum Gasteiger partial charge on any atom is 0.267 e. The number of nitrogens with zero attached hydrogens (tertiary/aromatic N) is 2. The average Bonchev–Trinajstić information content (AvgIpc) is 2.57. The van der Waals surface area contributed by atoms with Gasteiger partial charge in [0.05, 0.1) is 19.3 Å². The first kappa shape index (κ1) is 18.8. The van der Waals surface area contributed by atoms with Crippen molar-refractivity contribution < 1.29 is 19.1 Å². The van der Waals surface area contributed by atoms with E-state index in [4.69, 9.17) is 9.47 Å². The summed E-state index contributed by atoms with van der Waals surface area (Å²) in [5, 5.41) is 8.16. The van der Waals surface area contributed by atoms with Crippen molar-refractivity contribution in [2.45, 2.75) is 45.8 Å². The smallest absolute Gasteiger partial charge is 0.267 e. The van der Waals surface area contributed by atoms with Crippen molar-refractivity contribution in [2.24, 2.45) is 5.10 Å². The molecular weight excluding hydrogens is 322 g/mol. The number of amides is 2. The fraction of sp³-hybridized carbons (Fsp3) is 0.500. The van der Waals surface area contributed by atoms with E-state index in [0.717, 1.165) is 5.56 Å². The molecule has 0 aromatic heterocycles. The maximum atomic E-state index is 12.4. The summed E-state index contributed by atoms with van der Waals surface area (Å²) in [4.78, 5) is 23.8. The lowest BCUT2D eigenvalue weighted by molar-refractivity contribution is -0.130. The maximum absolute atomic E-state index is 12.4. The summed E-state index contributed by atoms with van der Waals surface area (Å²) in [6.07, 6.45) is 0.694. The number of rotatable bonds is 6. The summed E-state index contributed by atoms with van der Waals surface area (Å²) in [5.41, 5.74) is 1.25. The van der Waals surface area contributed by atoms with Gasteiger partial charge in [0.2, 0.25) is 5.91 Å². The molecule has 2 amide bonds. The van der Waals surface area contributed by atoms with E-state index >= 15 is 0 Å². The highest BCUT2D eigenvalue weighted by molar-refractivity contribution is 6.39. The van der Waals surface area contributed by atoms with Crippen LogP contribution in [0.5, 0.6) is 11.5 Å². The largest absolute Gasteiger partial charge is 0.493 e. The highest BCUT2D eigenvalue weighted by atomic mass is 16.5. The molecule has 0 radical (unpaired) electrons. The highest BCUT2D eigenvalue weighted by Crippen LogP contribution is 2.31. The molecule has 0 saturated carbocycles. The van der Waals surface area contributed by atoms with Crippen LogP contribution in [0, 0.1) is 0 Å². The fourth-order valence-electron chi connectivity index (χ4n) is 2.50. The molecule has 136 valence electrons. The van der Waals surface area contributed by atoms with Gasteiger partial charge in [-0.2, -0.15) is 5.10 Å². The topological polar surface area (TPSA) is 80.2 Å². The molecule has 7 heteroatoms. The zero-order valence-corrected chi connectivity index (χ0v) is 15.3. The van der Waals surface area contributed by atoms with Crippen LogP contribution in [-0.2, 0) is 9.59 Å². The van der Waals surface area contributed by atoms with E-state index < -0.39 is 0 Å². The lowest BCUT2D eigenvalue weighted by Crippen LogP contribution is -2.38. The predicted octanol–water partition coefficient (Wildman–Crippen LogP) is 2.27. The number of ether oxygens (including phenoxy) is 2. The van der Waals surface area contributed by atoms with Gasteiger partial charge in [0, 0.05) is 19.9 Å². The Kier molecular flexibility index (Phi) is 6.01. The van der Waals surface area contributed by atoms with Gasteiger partial charge in [-0.3, -0.25) is 9.59 Å². The summed E-state index contributed by atoms with van der Waals surface area (Å²) in [5.74, 6) is 0.924. The summed E-state index contributed by atoms with van der Waals surface area (Å²) >= 11 is 0.